The van der Waals surface area contributed by atoms with E-state index in [1.54, 1.807) is 12.3 Å². The van der Waals surface area contributed by atoms with Gasteiger partial charge in [-0.2, -0.15) is 0 Å². The van der Waals surface area contributed by atoms with Crippen molar-refractivity contribution in [3.63, 3.8) is 0 Å². The maximum Gasteiger partial charge on any atom is 0.176 e. The molecule has 3 heteroatoms. The molecule has 0 atom stereocenters. The van der Waals surface area contributed by atoms with Gasteiger partial charge in [0.1, 0.15) is 0 Å². The van der Waals surface area contributed by atoms with E-state index < -0.39 is 0 Å². The highest BCUT2D eigenvalue weighted by Gasteiger charge is 2.11. The maximum absolute atomic E-state index is 11.2. The van der Waals surface area contributed by atoms with Gasteiger partial charge in [-0.05, 0) is 19.9 Å². The summed E-state index contributed by atoms with van der Waals surface area (Å²) in [5.74, 6) is -0.0122. The molecule has 0 spiro atoms. The number of hydrogen-bond acceptors (Lipinski definition) is 2. The Labute approximate surface area is 77.4 Å². The maximum atomic E-state index is 11.2. The van der Waals surface area contributed by atoms with Crippen LogP contribution in [0.15, 0.2) is 12.3 Å². The minimum atomic E-state index is -0.0122. The van der Waals surface area contributed by atoms with Gasteiger partial charge in [0.15, 0.2) is 12.1 Å². The van der Waals surface area contributed by atoms with Crippen LogP contribution in [-0.2, 0) is 0 Å². The third kappa shape index (κ3) is 1.86. The van der Waals surface area contributed by atoms with Crippen molar-refractivity contribution in [1.82, 2.24) is 4.57 Å². The summed E-state index contributed by atoms with van der Waals surface area (Å²) in [5, 5.41) is 0. The first kappa shape index (κ1) is 9.71. The molecule has 3 nitrogen and oxygen atoms in total. The van der Waals surface area contributed by atoms with Crippen molar-refractivity contribution >= 4 is 12.1 Å². The van der Waals surface area contributed by atoms with E-state index in [1.165, 1.54) is 6.92 Å². The molecule has 1 rings (SSSR count). The summed E-state index contributed by atoms with van der Waals surface area (Å²) < 4.78 is 1.81. The van der Waals surface area contributed by atoms with E-state index in [9.17, 15) is 9.59 Å². The van der Waals surface area contributed by atoms with Crippen LogP contribution in [0.25, 0.3) is 0 Å². The van der Waals surface area contributed by atoms with Crippen molar-refractivity contribution in [2.75, 3.05) is 0 Å². The molecule has 0 aliphatic rings. The smallest absolute Gasteiger partial charge is 0.176 e. The largest absolute Gasteiger partial charge is 0.342 e. The Morgan fingerprint density at radius 1 is 1.54 bits per heavy atom. The van der Waals surface area contributed by atoms with E-state index in [0.717, 1.165) is 6.29 Å². The fourth-order valence-electron chi connectivity index (χ4n) is 1.27. The number of aromatic nitrogens is 1. The van der Waals surface area contributed by atoms with Gasteiger partial charge in [-0.15, -0.1) is 0 Å². The molecule has 0 bridgehead atoms. The van der Waals surface area contributed by atoms with Gasteiger partial charge in [0.2, 0.25) is 0 Å². The van der Waals surface area contributed by atoms with Crippen LogP contribution in [0, 0.1) is 0 Å². The molecule has 0 fully saturated rings. The molecular weight excluding hydrogens is 166 g/mol. The Kier molecular flexibility index (Phi) is 2.66. The second-order valence-electron chi connectivity index (χ2n) is 3.33. The lowest BCUT2D eigenvalue weighted by Gasteiger charge is -2.09. The summed E-state index contributed by atoms with van der Waals surface area (Å²) in [6.45, 7) is 5.45. The van der Waals surface area contributed by atoms with Crippen LogP contribution >= 0.6 is 0 Å². The van der Waals surface area contributed by atoms with Gasteiger partial charge in [0.25, 0.3) is 0 Å². The monoisotopic (exact) mass is 179 g/mol. The van der Waals surface area contributed by atoms with Crippen molar-refractivity contribution in [2.45, 2.75) is 26.8 Å². The van der Waals surface area contributed by atoms with Crippen LogP contribution in [0.3, 0.4) is 0 Å². The van der Waals surface area contributed by atoms with E-state index in [-0.39, 0.29) is 11.8 Å². The molecule has 1 aromatic rings. The minimum absolute atomic E-state index is 0.0122. The van der Waals surface area contributed by atoms with Crippen molar-refractivity contribution in [2.24, 2.45) is 0 Å². The molecule has 0 unspecified atom stereocenters. The van der Waals surface area contributed by atoms with Crippen molar-refractivity contribution in [3.8, 4) is 0 Å². The third-order valence-corrected chi connectivity index (χ3v) is 1.92. The molecule has 1 aromatic heterocycles. The van der Waals surface area contributed by atoms with Crippen LogP contribution in [0.1, 0.15) is 47.7 Å². The van der Waals surface area contributed by atoms with Gasteiger partial charge >= 0.3 is 0 Å². The second-order valence-corrected chi connectivity index (χ2v) is 3.33. The number of aldehydes is 1. The fraction of sp³-hybridized carbons (Fsp3) is 0.400. The highest BCUT2D eigenvalue weighted by atomic mass is 16.1. The zero-order valence-corrected chi connectivity index (χ0v) is 8.07. The summed E-state index contributed by atoms with van der Waals surface area (Å²) in [6.07, 6.45) is 2.46. The first-order valence-corrected chi connectivity index (χ1v) is 4.24. The average Bonchev–Trinajstić information content (AvgIpc) is 2.47. The summed E-state index contributed by atoms with van der Waals surface area (Å²) in [5.41, 5.74) is 1.15. The number of nitrogens with zero attached hydrogens (tertiary/aromatic N) is 1. The van der Waals surface area contributed by atoms with Crippen LogP contribution in [0.4, 0.5) is 0 Å². The number of carbonyl (C=O) groups is 2. The zero-order chi connectivity index (χ0) is 10.0. The van der Waals surface area contributed by atoms with Crippen LogP contribution in [-0.4, -0.2) is 16.6 Å². The van der Waals surface area contributed by atoms with Crippen molar-refractivity contribution in [1.29, 1.82) is 0 Å². The third-order valence-electron chi connectivity index (χ3n) is 1.92. The van der Waals surface area contributed by atoms with E-state index in [0.29, 0.717) is 11.3 Å². The number of ketones is 1. The molecule has 13 heavy (non-hydrogen) atoms. The van der Waals surface area contributed by atoms with Gasteiger partial charge in [-0.1, -0.05) is 0 Å². The van der Waals surface area contributed by atoms with Crippen LogP contribution < -0.4 is 0 Å². The van der Waals surface area contributed by atoms with Gasteiger partial charge in [0.05, 0.1) is 5.69 Å². The Bertz CT molecular complexity index is 337. The number of rotatable bonds is 3. The van der Waals surface area contributed by atoms with Gasteiger partial charge < -0.3 is 4.57 Å². The van der Waals surface area contributed by atoms with Crippen LogP contribution in [0.5, 0.6) is 0 Å². The van der Waals surface area contributed by atoms with Crippen molar-refractivity contribution < 1.29 is 9.59 Å². The summed E-state index contributed by atoms with van der Waals surface area (Å²) in [7, 11) is 0. The molecule has 0 saturated heterocycles. The van der Waals surface area contributed by atoms with Gasteiger partial charge in [-0.3, -0.25) is 9.59 Å². The lowest BCUT2D eigenvalue weighted by atomic mass is 10.2. The molecule has 70 valence electrons. The quantitative estimate of drug-likeness (QED) is 0.526. The molecule has 0 radical (unpaired) electrons. The molecule has 1 heterocycles. The summed E-state index contributed by atoms with van der Waals surface area (Å²) >= 11 is 0. The SMILES string of the molecule is CC(=O)c1cc(C=O)cn1C(C)C. The molecular formula is C10H13NO2. The van der Waals surface area contributed by atoms with Crippen LogP contribution in [0.2, 0.25) is 0 Å². The Morgan fingerprint density at radius 2 is 2.15 bits per heavy atom. The van der Waals surface area contributed by atoms with Gasteiger partial charge in [0, 0.05) is 24.7 Å². The summed E-state index contributed by atoms with van der Waals surface area (Å²) in [4.78, 5) is 21.7. The van der Waals surface area contributed by atoms with E-state index in [2.05, 4.69) is 0 Å². The Morgan fingerprint density at radius 3 is 2.46 bits per heavy atom. The Hall–Kier alpha value is -1.38. The molecule has 0 aromatic carbocycles. The van der Waals surface area contributed by atoms with Gasteiger partial charge in [-0.25, -0.2) is 0 Å². The normalized spacial score (nSPS) is 10.5. The highest BCUT2D eigenvalue weighted by molar-refractivity contribution is 5.94. The molecule has 0 amide bonds. The summed E-state index contributed by atoms with van der Waals surface area (Å²) in [6, 6.07) is 1.82. The van der Waals surface area contributed by atoms with Crippen molar-refractivity contribution in [3.05, 3.63) is 23.5 Å². The van der Waals surface area contributed by atoms with E-state index in [4.69, 9.17) is 0 Å². The number of carbonyl (C=O) groups excluding carboxylic acids is 2. The lowest BCUT2D eigenvalue weighted by molar-refractivity contribution is 0.100. The fourth-order valence-corrected chi connectivity index (χ4v) is 1.27. The predicted molar refractivity (Wildman–Crippen MR) is 50.2 cm³/mol. The highest BCUT2D eigenvalue weighted by Crippen LogP contribution is 2.14. The minimum Gasteiger partial charge on any atom is -0.342 e. The first-order valence-electron chi connectivity index (χ1n) is 4.24. The topological polar surface area (TPSA) is 39.1 Å². The molecule has 0 aliphatic heterocycles. The lowest BCUT2D eigenvalue weighted by Crippen LogP contribution is -2.07. The van der Waals surface area contributed by atoms with E-state index >= 15 is 0 Å². The number of hydrogen-bond donors (Lipinski definition) is 0. The average molecular weight is 179 g/mol. The second kappa shape index (κ2) is 3.56. The van der Waals surface area contributed by atoms with E-state index in [1.807, 2.05) is 18.4 Å². The zero-order valence-electron chi connectivity index (χ0n) is 8.07. The molecule has 0 N–H and O–H groups in total. The standard InChI is InChI=1S/C10H13NO2/c1-7(2)11-5-9(6-12)4-10(11)8(3)13/h4-7H,1-3H3. The molecule has 0 aliphatic carbocycles. The number of Topliss-reactive ketones (excluding diaryl/α,β-unsaturated/α-hetero) is 1. The molecule has 0 saturated carbocycles. The Balaban J connectivity index is 3.22. The first-order chi connectivity index (χ1) is 6.06. The predicted octanol–water partition coefficient (Wildman–Crippen LogP) is 2.08.